The van der Waals surface area contributed by atoms with E-state index in [4.69, 9.17) is 6.42 Å². The fraction of sp³-hybridized carbons (Fsp3) is 0.800. The first-order valence-electron chi connectivity index (χ1n) is 9.04. The summed E-state index contributed by atoms with van der Waals surface area (Å²) < 4.78 is 1.15. The first-order chi connectivity index (χ1) is 10.3. The molecule has 0 aromatic rings. The highest BCUT2D eigenvalue weighted by Gasteiger charge is 1.94. The smallest absolute Gasteiger partial charge is 0.00860 e. The predicted molar refractivity (Wildman–Crippen MR) is 101 cm³/mol. The van der Waals surface area contributed by atoms with Crippen LogP contribution in [0.4, 0.5) is 0 Å². The zero-order valence-electron chi connectivity index (χ0n) is 14.0. The molecule has 0 atom stereocenters. The largest absolute Gasteiger partial charge is 0.120 e. The van der Waals surface area contributed by atoms with Crippen molar-refractivity contribution in [2.75, 3.05) is 0 Å². The van der Waals surface area contributed by atoms with Crippen LogP contribution in [-0.4, -0.2) is 0 Å². The molecule has 0 aliphatic rings. The topological polar surface area (TPSA) is 0 Å². The van der Waals surface area contributed by atoms with Crippen molar-refractivity contribution in [3.63, 3.8) is 0 Å². The molecule has 0 saturated carbocycles. The average Bonchev–Trinajstić information content (AvgIpc) is 2.46. The van der Waals surface area contributed by atoms with Crippen LogP contribution >= 0.6 is 15.9 Å². The lowest BCUT2D eigenvalue weighted by atomic mass is 10.0. The summed E-state index contributed by atoms with van der Waals surface area (Å²) in [7, 11) is 0. The lowest BCUT2D eigenvalue weighted by molar-refractivity contribution is 0.534. The van der Waals surface area contributed by atoms with Gasteiger partial charge in [0.05, 0.1) is 0 Å². The van der Waals surface area contributed by atoms with Crippen molar-refractivity contribution in [2.24, 2.45) is 0 Å². The van der Waals surface area contributed by atoms with Crippen molar-refractivity contribution in [1.29, 1.82) is 0 Å². The maximum absolute atomic E-state index is 5.24. The minimum Gasteiger partial charge on any atom is -0.120 e. The first-order valence-corrected chi connectivity index (χ1v) is 9.83. The molecular weight excluding hydrogens is 320 g/mol. The Kier molecular flexibility index (Phi) is 17.6. The van der Waals surface area contributed by atoms with Crippen LogP contribution < -0.4 is 0 Å². The van der Waals surface area contributed by atoms with Crippen molar-refractivity contribution < 1.29 is 0 Å². The number of halogens is 1. The maximum Gasteiger partial charge on any atom is 0.00860 e. The van der Waals surface area contributed by atoms with Crippen molar-refractivity contribution in [3.8, 4) is 12.3 Å². The Balaban J connectivity index is 2.96. The molecule has 0 fully saturated rings. The standard InChI is InChI=1S/C20H35Br/c1-3-4-5-6-7-8-9-10-11-12-13-14-15-16-17-18-19-20(2)21/h1H,2,4-19H2. The number of hydrogen-bond donors (Lipinski definition) is 0. The molecule has 0 N–H and O–H groups in total. The number of unbranched alkanes of at least 4 members (excludes halogenated alkanes) is 14. The highest BCUT2D eigenvalue weighted by molar-refractivity contribution is 9.11. The van der Waals surface area contributed by atoms with Crippen LogP contribution in [0, 0.1) is 12.3 Å². The van der Waals surface area contributed by atoms with E-state index in [1.165, 1.54) is 89.9 Å². The van der Waals surface area contributed by atoms with Crippen molar-refractivity contribution >= 4 is 15.9 Å². The Labute approximate surface area is 142 Å². The molecule has 0 unspecified atom stereocenters. The quantitative estimate of drug-likeness (QED) is 0.196. The summed E-state index contributed by atoms with van der Waals surface area (Å²) in [6.07, 6.45) is 26.8. The first kappa shape index (κ1) is 20.8. The molecule has 0 radical (unpaired) electrons. The van der Waals surface area contributed by atoms with Crippen LogP contribution in [0.1, 0.15) is 103 Å². The predicted octanol–water partition coefficient (Wildman–Crippen LogP) is 7.77. The van der Waals surface area contributed by atoms with Gasteiger partial charge in [-0.15, -0.1) is 12.3 Å². The molecule has 122 valence electrons. The summed E-state index contributed by atoms with van der Waals surface area (Å²) in [5.74, 6) is 2.71. The molecule has 21 heavy (non-hydrogen) atoms. The molecule has 0 rings (SSSR count). The van der Waals surface area contributed by atoms with E-state index < -0.39 is 0 Å². The Bertz CT molecular complexity index is 262. The van der Waals surface area contributed by atoms with Gasteiger partial charge in [-0.2, -0.15) is 0 Å². The lowest BCUT2D eigenvalue weighted by Gasteiger charge is -2.03. The summed E-state index contributed by atoms with van der Waals surface area (Å²) in [6, 6.07) is 0. The fourth-order valence-electron chi connectivity index (χ4n) is 2.67. The molecule has 0 aromatic heterocycles. The van der Waals surface area contributed by atoms with Crippen LogP contribution in [-0.2, 0) is 0 Å². The van der Waals surface area contributed by atoms with Gasteiger partial charge in [-0.1, -0.05) is 99.6 Å². The minimum atomic E-state index is 0.963. The number of terminal acetylenes is 1. The SMILES string of the molecule is C#CCCCCCCCCCCCCCCCCC(=C)Br. The van der Waals surface area contributed by atoms with E-state index in [9.17, 15) is 0 Å². The third kappa shape index (κ3) is 19.8. The zero-order chi connectivity index (χ0) is 15.6. The molecule has 0 aromatic carbocycles. The van der Waals surface area contributed by atoms with Crippen molar-refractivity contribution in [3.05, 3.63) is 11.1 Å². The summed E-state index contributed by atoms with van der Waals surface area (Å²) >= 11 is 3.42. The Morgan fingerprint density at radius 1 is 0.667 bits per heavy atom. The molecule has 0 aliphatic heterocycles. The monoisotopic (exact) mass is 354 g/mol. The van der Waals surface area contributed by atoms with Crippen LogP contribution in [0.5, 0.6) is 0 Å². The lowest BCUT2D eigenvalue weighted by Crippen LogP contribution is -1.83. The molecule has 0 heterocycles. The van der Waals surface area contributed by atoms with Gasteiger partial charge in [0.1, 0.15) is 0 Å². The Morgan fingerprint density at radius 3 is 1.33 bits per heavy atom. The Morgan fingerprint density at radius 2 is 1.00 bits per heavy atom. The van der Waals surface area contributed by atoms with E-state index in [0.29, 0.717) is 0 Å². The zero-order valence-corrected chi connectivity index (χ0v) is 15.6. The number of rotatable bonds is 16. The molecule has 0 amide bonds. The van der Waals surface area contributed by atoms with E-state index in [1.54, 1.807) is 0 Å². The second-order valence-electron chi connectivity index (χ2n) is 6.17. The molecule has 0 nitrogen and oxygen atoms in total. The van der Waals surface area contributed by atoms with Gasteiger partial charge in [-0.05, 0) is 23.7 Å². The highest BCUT2D eigenvalue weighted by Crippen LogP contribution is 2.15. The summed E-state index contributed by atoms with van der Waals surface area (Å²) in [5, 5.41) is 0. The van der Waals surface area contributed by atoms with E-state index in [-0.39, 0.29) is 0 Å². The van der Waals surface area contributed by atoms with Gasteiger partial charge in [0, 0.05) is 6.42 Å². The third-order valence-corrected chi connectivity index (χ3v) is 4.42. The van der Waals surface area contributed by atoms with Gasteiger partial charge in [0.15, 0.2) is 0 Å². The van der Waals surface area contributed by atoms with E-state index in [0.717, 1.165) is 17.3 Å². The van der Waals surface area contributed by atoms with Gasteiger partial charge in [0.2, 0.25) is 0 Å². The van der Waals surface area contributed by atoms with E-state index >= 15 is 0 Å². The van der Waals surface area contributed by atoms with Crippen LogP contribution in [0.15, 0.2) is 11.1 Å². The third-order valence-electron chi connectivity index (χ3n) is 4.02. The second-order valence-corrected chi connectivity index (χ2v) is 7.29. The molecule has 0 aliphatic carbocycles. The van der Waals surface area contributed by atoms with Crippen molar-refractivity contribution in [2.45, 2.75) is 103 Å². The molecule has 0 spiro atoms. The molecule has 0 bridgehead atoms. The van der Waals surface area contributed by atoms with E-state index in [2.05, 4.69) is 28.4 Å². The maximum atomic E-state index is 5.24. The summed E-state index contributed by atoms with van der Waals surface area (Å²) in [5.41, 5.74) is 0. The summed E-state index contributed by atoms with van der Waals surface area (Å²) in [4.78, 5) is 0. The highest BCUT2D eigenvalue weighted by atomic mass is 79.9. The van der Waals surface area contributed by atoms with Gasteiger partial charge in [0.25, 0.3) is 0 Å². The average molecular weight is 355 g/mol. The van der Waals surface area contributed by atoms with Crippen molar-refractivity contribution in [1.82, 2.24) is 0 Å². The van der Waals surface area contributed by atoms with Gasteiger partial charge in [-0.25, -0.2) is 0 Å². The number of hydrogen-bond acceptors (Lipinski definition) is 0. The van der Waals surface area contributed by atoms with Gasteiger partial charge < -0.3 is 0 Å². The second kappa shape index (κ2) is 17.8. The van der Waals surface area contributed by atoms with Crippen LogP contribution in [0.25, 0.3) is 0 Å². The van der Waals surface area contributed by atoms with Crippen LogP contribution in [0.2, 0.25) is 0 Å². The molecule has 1 heteroatoms. The van der Waals surface area contributed by atoms with Crippen LogP contribution in [0.3, 0.4) is 0 Å². The van der Waals surface area contributed by atoms with Gasteiger partial charge >= 0.3 is 0 Å². The molecular formula is C20H35Br. The Hall–Kier alpha value is -0.220. The fourth-order valence-corrected chi connectivity index (χ4v) is 2.95. The van der Waals surface area contributed by atoms with Gasteiger partial charge in [-0.3, -0.25) is 0 Å². The molecule has 0 saturated heterocycles. The number of allylic oxidation sites excluding steroid dienone is 1. The normalized spacial score (nSPS) is 10.5. The summed E-state index contributed by atoms with van der Waals surface area (Å²) in [6.45, 7) is 3.87. The minimum absolute atomic E-state index is 0.963. The van der Waals surface area contributed by atoms with E-state index in [1.807, 2.05) is 0 Å².